The van der Waals surface area contributed by atoms with Crippen molar-refractivity contribution in [2.75, 3.05) is 4.90 Å². The Morgan fingerprint density at radius 1 is 0.262 bits per heavy atom. The lowest BCUT2D eigenvalue weighted by atomic mass is 9.99. The zero-order chi connectivity index (χ0) is 43.1. The molecule has 306 valence electrons. The first-order valence-corrected chi connectivity index (χ1v) is 21.9. The molecule has 2 heterocycles. The van der Waals surface area contributed by atoms with Crippen LogP contribution in [0.25, 0.3) is 100 Å². The van der Waals surface area contributed by atoms with Crippen LogP contribution >= 0.6 is 0 Å². The zero-order valence-corrected chi connectivity index (χ0v) is 35.3. The first kappa shape index (κ1) is 38.0. The molecule has 0 saturated carbocycles. The van der Waals surface area contributed by atoms with Gasteiger partial charge in [-0.1, -0.05) is 170 Å². The van der Waals surface area contributed by atoms with Gasteiger partial charge in [0.1, 0.15) is 16.7 Å². The number of hydrogen-bond acceptors (Lipinski definition) is 4. The van der Waals surface area contributed by atoms with Crippen LogP contribution in [0.1, 0.15) is 0 Å². The predicted octanol–water partition coefficient (Wildman–Crippen LogP) is 17.2. The minimum absolute atomic E-state index is 0.598. The number of nitrogens with zero attached hydrogens (tertiary/aromatic N) is 2. The molecule has 0 aliphatic heterocycles. The number of oxazole rings is 1. The molecule has 0 saturated heterocycles. The minimum atomic E-state index is 0.598. The lowest BCUT2D eigenvalue weighted by Crippen LogP contribution is -2.10. The largest absolute Gasteiger partial charge is 0.456 e. The maximum absolute atomic E-state index is 6.35. The normalized spacial score (nSPS) is 11.4. The molecule has 0 amide bonds. The van der Waals surface area contributed by atoms with Crippen LogP contribution < -0.4 is 4.90 Å². The molecule has 0 fully saturated rings. The van der Waals surface area contributed by atoms with Gasteiger partial charge in [0.15, 0.2) is 5.58 Å². The van der Waals surface area contributed by atoms with E-state index in [9.17, 15) is 0 Å². The van der Waals surface area contributed by atoms with E-state index >= 15 is 0 Å². The number of rotatable bonds is 9. The molecule has 0 spiro atoms. The fraction of sp³-hybridized carbons (Fsp3) is 0. The van der Waals surface area contributed by atoms with Crippen LogP contribution in [0.2, 0.25) is 0 Å². The molecule has 4 nitrogen and oxygen atoms in total. The predicted molar refractivity (Wildman–Crippen MR) is 269 cm³/mol. The van der Waals surface area contributed by atoms with Crippen molar-refractivity contribution < 1.29 is 8.83 Å². The molecule has 12 rings (SSSR count). The second-order valence-corrected chi connectivity index (χ2v) is 16.4. The lowest BCUT2D eigenvalue weighted by molar-refractivity contribution is 0.620. The summed E-state index contributed by atoms with van der Waals surface area (Å²) in [4.78, 5) is 7.11. The second kappa shape index (κ2) is 16.2. The Labute approximate surface area is 377 Å². The van der Waals surface area contributed by atoms with Gasteiger partial charge < -0.3 is 13.7 Å². The first-order valence-electron chi connectivity index (χ1n) is 21.9. The third kappa shape index (κ3) is 7.33. The highest BCUT2D eigenvalue weighted by atomic mass is 16.4. The van der Waals surface area contributed by atoms with Gasteiger partial charge in [0.2, 0.25) is 5.89 Å². The van der Waals surface area contributed by atoms with Gasteiger partial charge in [0, 0.05) is 39.5 Å². The van der Waals surface area contributed by atoms with E-state index in [2.05, 4.69) is 211 Å². The summed E-state index contributed by atoms with van der Waals surface area (Å²) in [5.74, 6) is 0.598. The minimum Gasteiger partial charge on any atom is -0.456 e. The van der Waals surface area contributed by atoms with E-state index in [0.717, 1.165) is 72.4 Å². The Kier molecular flexibility index (Phi) is 9.46. The Morgan fingerprint density at radius 3 is 1.22 bits per heavy atom. The molecular weight excluding hydrogens is 793 g/mol. The Morgan fingerprint density at radius 2 is 0.677 bits per heavy atom. The Balaban J connectivity index is 0.889. The van der Waals surface area contributed by atoms with Gasteiger partial charge in [0.25, 0.3) is 0 Å². The van der Waals surface area contributed by atoms with E-state index in [0.29, 0.717) is 5.89 Å². The maximum atomic E-state index is 6.35. The Bertz CT molecular complexity index is 3600. The van der Waals surface area contributed by atoms with Gasteiger partial charge in [-0.3, -0.25) is 0 Å². The molecule has 0 atom stereocenters. The van der Waals surface area contributed by atoms with E-state index in [1.807, 2.05) is 36.4 Å². The van der Waals surface area contributed by atoms with Crippen molar-refractivity contribution in [3.8, 4) is 67.1 Å². The Hall–Kier alpha value is -8.73. The summed E-state index contributed by atoms with van der Waals surface area (Å²) < 4.78 is 12.6. The number of hydrogen-bond donors (Lipinski definition) is 0. The van der Waals surface area contributed by atoms with Crippen LogP contribution in [0, 0.1) is 0 Å². The quantitative estimate of drug-likeness (QED) is 0.145. The van der Waals surface area contributed by atoms with Crippen molar-refractivity contribution >= 4 is 50.1 Å². The van der Waals surface area contributed by atoms with Gasteiger partial charge in [-0.05, 0) is 122 Å². The van der Waals surface area contributed by atoms with Crippen LogP contribution in [-0.2, 0) is 0 Å². The van der Waals surface area contributed by atoms with Crippen LogP contribution in [0.5, 0.6) is 0 Å². The van der Waals surface area contributed by atoms with Crippen molar-refractivity contribution in [2.45, 2.75) is 0 Å². The maximum Gasteiger partial charge on any atom is 0.227 e. The summed E-state index contributed by atoms with van der Waals surface area (Å²) in [5, 5.41) is 2.03. The molecule has 0 aliphatic rings. The summed E-state index contributed by atoms with van der Waals surface area (Å²) in [5.41, 5.74) is 19.0. The summed E-state index contributed by atoms with van der Waals surface area (Å²) in [6, 6.07) is 85.7. The molecule has 0 aliphatic carbocycles. The molecule has 0 unspecified atom stereocenters. The fourth-order valence-corrected chi connectivity index (χ4v) is 8.93. The zero-order valence-electron chi connectivity index (χ0n) is 35.3. The summed E-state index contributed by atoms with van der Waals surface area (Å²) >= 11 is 0. The van der Waals surface area contributed by atoms with Gasteiger partial charge in [0.05, 0.1) is 0 Å². The molecule has 4 heteroatoms. The number of fused-ring (bicyclic) bond motifs is 4. The van der Waals surface area contributed by atoms with Crippen molar-refractivity contribution in [3.05, 3.63) is 243 Å². The highest BCUT2D eigenvalue weighted by Crippen LogP contribution is 2.40. The molecule has 0 N–H and O–H groups in total. The highest BCUT2D eigenvalue weighted by Gasteiger charge is 2.17. The fourth-order valence-electron chi connectivity index (χ4n) is 8.93. The van der Waals surface area contributed by atoms with Crippen molar-refractivity contribution in [1.82, 2.24) is 4.98 Å². The van der Waals surface area contributed by atoms with Gasteiger partial charge in [-0.15, -0.1) is 0 Å². The van der Waals surface area contributed by atoms with E-state index < -0.39 is 0 Å². The average Bonchev–Trinajstić information content (AvgIpc) is 3.97. The highest BCUT2D eigenvalue weighted by molar-refractivity contribution is 6.10. The van der Waals surface area contributed by atoms with Crippen LogP contribution in [0.15, 0.2) is 251 Å². The molecule has 0 radical (unpaired) electrons. The number of aromatic nitrogens is 1. The lowest BCUT2D eigenvalue weighted by Gasteiger charge is -2.26. The van der Waals surface area contributed by atoms with Crippen LogP contribution in [-0.4, -0.2) is 4.98 Å². The number of furan rings is 1. The van der Waals surface area contributed by atoms with Crippen LogP contribution in [0.3, 0.4) is 0 Å². The van der Waals surface area contributed by atoms with Crippen molar-refractivity contribution in [2.24, 2.45) is 0 Å². The number of benzene rings is 10. The molecule has 2 aromatic heterocycles. The van der Waals surface area contributed by atoms with E-state index in [1.54, 1.807) is 0 Å². The topological polar surface area (TPSA) is 42.4 Å². The molecule has 12 aromatic rings. The molecule has 0 bridgehead atoms. The smallest absolute Gasteiger partial charge is 0.227 e. The summed E-state index contributed by atoms with van der Waals surface area (Å²) in [6.45, 7) is 0. The van der Waals surface area contributed by atoms with E-state index in [4.69, 9.17) is 13.8 Å². The molecule has 10 aromatic carbocycles. The van der Waals surface area contributed by atoms with E-state index in [-0.39, 0.29) is 0 Å². The second-order valence-electron chi connectivity index (χ2n) is 16.4. The number of anilines is 3. The van der Waals surface area contributed by atoms with E-state index in [1.165, 1.54) is 38.9 Å². The van der Waals surface area contributed by atoms with Gasteiger partial charge in [-0.2, -0.15) is 0 Å². The molecular formula is C61H40N2O2. The van der Waals surface area contributed by atoms with Gasteiger partial charge >= 0.3 is 0 Å². The molecule has 65 heavy (non-hydrogen) atoms. The SMILES string of the molecule is c1ccc(-c2ccc(-c3ccc(N(c4ccc(-c5ccc6oc7cc8nc(-c9ccccc9)oc8cc7c6c5)cc4)c4cccc(-c5ccc(-c6ccccc6)cc5)c4)cc3)cc2)cc1. The van der Waals surface area contributed by atoms with Crippen molar-refractivity contribution in [3.63, 3.8) is 0 Å². The third-order valence-electron chi connectivity index (χ3n) is 12.3. The standard InChI is InChI=1S/C61H40N2O2/c1-4-11-41(12-5-1)43-19-21-45(22-20-43)46-27-32-52(33-28-46)63(54-18-10-17-50(37-54)47-25-23-44(24-26-47)42-13-6-2-7-14-42)53-34-29-48(30-35-53)51-31-36-58-55(38-51)56-39-60-57(40-59(56)64-58)62-61(65-60)49-15-8-3-9-16-49/h1-40H. The first-order chi connectivity index (χ1) is 32.2. The third-order valence-corrected chi connectivity index (χ3v) is 12.3. The summed E-state index contributed by atoms with van der Waals surface area (Å²) in [7, 11) is 0. The average molecular weight is 833 g/mol. The van der Waals surface area contributed by atoms with Crippen molar-refractivity contribution in [1.29, 1.82) is 0 Å². The monoisotopic (exact) mass is 832 g/mol. The summed E-state index contributed by atoms with van der Waals surface area (Å²) in [6.07, 6.45) is 0. The van der Waals surface area contributed by atoms with Gasteiger partial charge in [-0.25, -0.2) is 4.98 Å². The van der Waals surface area contributed by atoms with Crippen LogP contribution in [0.4, 0.5) is 17.1 Å².